The summed E-state index contributed by atoms with van der Waals surface area (Å²) in [5.41, 5.74) is 3.96. The normalized spacial score (nSPS) is 22.2. The van der Waals surface area contributed by atoms with Crippen LogP contribution in [0, 0.1) is 5.92 Å². The Morgan fingerprint density at radius 1 is 1.20 bits per heavy atom. The highest BCUT2D eigenvalue weighted by molar-refractivity contribution is 6.38. The number of carbonyl (C=O) groups excluding carboxylic acids is 2. The number of hydrogen-bond acceptors (Lipinski definition) is 7. The standard InChI is InChI=1S/C13H19N3O4/c1-8-9(12(17)19-2)14-15-10(13(18)20-3)11(8)16-6-4-5-7-16/h8,15H,4-7H2,1-3H3. The van der Waals surface area contributed by atoms with Gasteiger partial charge in [-0.2, -0.15) is 5.10 Å². The van der Waals surface area contributed by atoms with Crippen molar-refractivity contribution in [2.24, 2.45) is 11.0 Å². The molecule has 2 heterocycles. The van der Waals surface area contributed by atoms with E-state index in [1.165, 1.54) is 14.2 Å². The summed E-state index contributed by atoms with van der Waals surface area (Å²) in [5.74, 6) is -1.28. The van der Waals surface area contributed by atoms with Crippen molar-refractivity contribution in [2.45, 2.75) is 19.8 Å². The van der Waals surface area contributed by atoms with Crippen LogP contribution in [0.3, 0.4) is 0 Å². The number of esters is 2. The van der Waals surface area contributed by atoms with Crippen LogP contribution in [0.5, 0.6) is 0 Å². The van der Waals surface area contributed by atoms with Crippen LogP contribution < -0.4 is 5.43 Å². The third kappa shape index (κ3) is 2.48. The number of rotatable bonds is 3. The molecule has 0 bridgehead atoms. The highest BCUT2D eigenvalue weighted by Gasteiger charge is 2.36. The summed E-state index contributed by atoms with van der Waals surface area (Å²) < 4.78 is 9.50. The first kappa shape index (κ1) is 14.4. The highest BCUT2D eigenvalue weighted by Crippen LogP contribution is 2.28. The molecule has 0 amide bonds. The predicted molar refractivity (Wildman–Crippen MR) is 71.6 cm³/mol. The van der Waals surface area contributed by atoms with Gasteiger partial charge in [0.2, 0.25) is 0 Å². The summed E-state index contributed by atoms with van der Waals surface area (Å²) in [6, 6.07) is 0. The molecular weight excluding hydrogens is 262 g/mol. The molecule has 0 aromatic carbocycles. The molecule has 0 radical (unpaired) electrons. The molecule has 110 valence electrons. The molecule has 1 unspecified atom stereocenters. The van der Waals surface area contributed by atoms with Crippen molar-refractivity contribution >= 4 is 17.7 Å². The second-order valence-electron chi connectivity index (χ2n) is 4.77. The Hall–Kier alpha value is -2.05. The van der Waals surface area contributed by atoms with Gasteiger partial charge in [0.15, 0.2) is 11.4 Å². The molecule has 1 atom stereocenters. The minimum atomic E-state index is -0.495. The minimum Gasteiger partial charge on any atom is -0.464 e. The van der Waals surface area contributed by atoms with E-state index in [2.05, 4.69) is 15.4 Å². The lowest BCUT2D eigenvalue weighted by Gasteiger charge is -2.31. The molecular formula is C13H19N3O4. The summed E-state index contributed by atoms with van der Waals surface area (Å²) in [5, 5.41) is 3.96. The van der Waals surface area contributed by atoms with E-state index in [9.17, 15) is 9.59 Å². The third-order valence-corrected chi connectivity index (χ3v) is 3.60. The van der Waals surface area contributed by atoms with Crippen molar-refractivity contribution in [1.82, 2.24) is 10.3 Å². The van der Waals surface area contributed by atoms with Gasteiger partial charge >= 0.3 is 11.9 Å². The maximum absolute atomic E-state index is 11.9. The monoisotopic (exact) mass is 281 g/mol. The van der Waals surface area contributed by atoms with Gasteiger partial charge < -0.3 is 14.4 Å². The van der Waals surface area contributed by atoms with Gasteiger partial charge in [0.1, 0.15) is 0 Å². The van der Waals surface area contributed by atoms with Crippen molar-refractivity contribution in [1.29, 1.82) is 0 Å². The molecule has 0 aromatic heterocycles. The molecule has 2 aliphatic rings. The smallest absolute Gasteiger partial charge is 0.357 e. The molecule has 2 aliphatic heterocycles. The summed E-state index contributed by atoms with van der Waals surface area (Å²) >= 11 is 0. The molecule has 1 N–H and O–H groups in total. The molecule has 0 spiro atoms. The minimum absolute atomic E-state index is 0.266. The number of hydrogen-bond donors (Lipinski definition) is 1. The lowest BCUT2D eigenvalue weighted by atomic mass is 9.97. The van der Waals surface area contributed by atoms with Crippen LogP contribution >= 0.6 is 0 Å². The second kappa shape index (κ2) is 5.94. The average Bonchev–Trinajstić information content (AvgIpc) is 2.99. The molecule has 7 heteroatoms. The lowest BCUT2D eigenvalue weighted by molar-refractivity contribution is -0.137. The number of allylic oxidation sites excluding steroid dienone is 1. The summed E-state index contributed by atoms with van der Waals surface area (Å²) in [7, 11) is 2.63. The van der Waals surface area contributed by atoms with Crippen molar-refractivity contribution in [3.63, 3.8) is 0 Å². The van der Waals surface area contributed by atoms with Crippen molar-refractivity contribution in [3.05, 3.63) is 11.4 Å². The van der Waals surface area contributed by atoms with Gasteiger partial charge in [0.25, 0.3) is 0 Å². The largest absolute Gasteiger partial charge is 0.464 e. The van der Waals surface area contributed by atoms with Crippen molar-refractivity contribution in [2.75, 3.05) is 27.3 Å². The fourth-order valence-corrected chi connectivity index (χ4v) is 2.59. The Labute approximate surface area is 117 Å². The Kier molecular flexibility index (Phi) is 4.26. The van der Waals surface area contributed by atoms with E-state index in [1.807, 2.05) is 6.92 Å². The van der Waals surface area contributed by atoms with Crippen molar-refractivity contribution < 1.29 is 19.1 Å². The number of ether oxygens (including phenoxy) is 2. The molecule has 7 nitrogen and oxygen atoms in total. The average molecular weight is 281 g/mol. The third-order valence-electron chi connectivity index (χ3n) is 3.60. The predicted octanol–water partition coefficient (Wildman–Crippen LogP) is 0.235. The van der Waals surface area contributed by atoms with Crippen LogP contribution in [0.15, 0.2) is 16.5 Å². The lowest BCUT2D eigenvalue weighted by Crippen LogP contribution is -2.41. The number of nitrogens with zero attached hydrogens (tertiary/aromatic N) is 2. The molecule has 0 aliphatic carbocycles. The van der Waals surface area contributed by atoms with E-state index >= 15 is 0 Å². The molecule has 1 saturated heterocycles. The first-order valence-corrected chi connectivity index (χ1v) is 6.59. The zero-order valence-electron chi connectivity index (χ0n) is 11.9. The highest BCUT2D eigenvalue weighted by atomic mass is 16.5. The van der Waals surface area contributed by atoms with E-state index in [0.717, 1.165) is 31.6 Å². The fraction of sp³-hybridized carbons (Fsp3) is 0.615. The number of hydrazone groups is 1. The van der Waals surface area contributed by atoms with Crippen LogP contribution in [0.2, 0.25) is 0 Å². The van der Waals surface area contributed by atoms with Crippen LogP contribution in [0.1, 0.15) is 19.8 Å². The van der Waals surface area contributed by atoms with Gasteiger partial charge in [0.05, 0.1) is 25.8 Å². The molecule has 0 aromatic rings. The van der Waals surface area contributed by atoms with E-state index in [-0.39, 0.29) is 11.6 Å². The van der Waals surface area contributed by atoms with E-state index < -0.39 is 11.9 Å². The van der Waals surface area contributed by atoms with E-state index in [4.69, 9.17) is 9.47 Å². The Bertz CT molecular complexity index is 478. The fourth-order valence-electron chi connectivity index (χ4n) is 2.59. The number of likely N-dealkylation sites (tertiary alicyclic amines) is 1. The van der Waals surface area contributed by atoms with Gasteiger partial charge in [-0.05, 0) is 12.8 Å². The van der Waals surface area contributed by atoms with Gasteiger partial charge in [-0.15, -0.1) is 0 Å². The second-order valence-corrected chi connectivity index (χ2v) is 4.77. The number of carbonyl (C=O) groups is 2. The molecule has 2 rings (SSSR count). The summed E-state index contributed by atoms with van der Waals surface area (Å²) in [6.45, 7) is 3.56. The van der Waals surface area contributed by atoms with Crippen LogP contribution in [0.25, 0.3) is 0 Å². The maximum atomic E-state index is 11.9. The SMILES string of the molecule is COC(=O)C1=NNC(C(=O)OC)=C(N2CCCC2)C1C. The molecule has 0 saturated carbocycles. The number of nitrogens with one attached hydrogen (secondary N) is 1. The molecule has 1 fully saturated rings. The summed E-state index contributed by atoms with van der Waals surface area (Å²) in [6.07, 6.45) is 2.13. The van der Waals surface area contributed by atoms with Crippen LogP contribution in [-0.4, -0.2) is 49.9 Å². The van der Waals surface area contributed by atoms with Gasteiger partial charge in [-0.3, -0.25) is 5.43 Å². The Balaban J connectivity index is 2.36. The zero-order valence-corrected chi connectivity index (χ0v) is 11.9. The maximum Gasteiger partial charge on any atom is 0.357 e. The van der Waals surface area contributed by atoms with Crippen LogP contribution in [0.4, 0.5) is 0 Å². The Morgan fingerprint density at radius 2 is 1.80 bits per heavy atom. The van der Waals surface area contributed by atoms with Gasteiger partial charge in [-0.25, -0.2) is 9.59 Å². The van der Waals surface area contributed by atoms with E-state index in [1.54, 1.807) is 0 Å². The van der Waals surface area contributed by atoms with Crippen molar-refractivity contribution in [3.8, 4) is 0 Å². The van der Waals surface area contributed by atoms with E-state index in [0.29, 0.717) is 5.70 Å². The quantitative estimate of drug-likeness (QED) is 0.746. The first-order valence-electron chi connectivity index (χ1n) is 6.59. The van der Waals surface area contributed by atoms with Gasteiger partial charge in [0, 0.05) is 13.1 Å². The molecule has 20 heavy (non-hydrogen) atoms. The number of methoxy groups -OCH3 is 2. The Morgan fingerprint density at radius 3 is 2.35 bits per heavy atom. The van der Waals surface area contributed by atoms with Crippen LogP contribution in [-0.2, 0) is 19.1 Å². The van der Waals surface area contributed by atoms with Gasteiger partial charge in [-0.1, -0.05) is 6.92 Å². The zero-order chi connectivity index (χ0) is 14.7. The topological polar surface area (TPSA) is 80.2 Å². The summed E-state index contributed by atoms with van der Waals surface area (Å²) in [4.78, 5) is 25.7. The first-order chi connectivity index (χ1) is 9.60.